The van der Waals surface area contributed by atoms with E-state index in [-0.39, 0.29) is 11.9 Å². The Hall–Kier alpha value is -1.62. The number of nitrogens with zero attached hydrogens (tertiary/aromatic N) is 2. The molecule has 1 aliphatic heterocycles. The van der Waals surface area contributed by atoms with Crippen LogP contribution in [0, 0.1) is 5.92 Å². The van der Waals surface area contributed by atoms with E-state index in [1.807, 2.05) is 12.1 Å². The van der Waals surface area contributed by atoms with Gasteiger partial charge < -0.3 is 16.0 Å². The highest BCUT2D eigenvalue weighted by atomic mass is 16.1. The number of carbonyl (C=O) groups excluding carboxylic acids is 1. The summed E-state index contributed by atoms with van der Waals surface area (Å²) >= 11 is 0. The van der Waals surface area contributed by atoms with E-state index in [2.05, 4.69) is 29.0 Å². The zero-order valence-electron chi connectivity index (χ0n) is 14.4. The Balaban J connectivity index is 1.96. The number of hydrogen-bond donors (Lipinski definition) is 2. The second-order valence-electron chi connectivity index (χ2n) is 6.84. The molecule has 0 radical (unpaired) electrons. The molecule has 1 atom stereocenters. The summed E-state index contributed by atoms with van der Waals surface area (Å²) in [5.41, 5.74) is 6.35. The van der Waals surface area contributed by atoms with Gasteiger partial charge in [-0.25, -0.2) is 4.98 Å². The first-order valence-electron chi connectivity index (χ1n) is 8.82. The molecule has 0 spiro atoms. The number of carbonyl (C=O) groups is 1. The summed E-state index contributed by atoms with van der Waals surface area (Å²) in [6.45, 7) is 6.84. The average molecular weight is 318 g/mol. The first-order chi connectivity index (χ1) is 11.1. The number of aromatic nitrogens is 1. The number of pyridine rings is 1. The van der Waals surface area contributed by atoms with Crippen LogP contribution in [0.15, 0.2) is 18.3 Å². The molecule has 5 nitrogen and oxygen atoms in total. The van der Waals surface area contributed by atoms with Crippen molar-refractivity contribution < 1.29 is 4.79 Å². The highest BCUT2D eigenvalue weighted by Gasteiger charge is 2.15. The molecule has 1 aliphatic rings. The van der Waals surface area contributed by atoms with Crippen molar-refractivity contribution in [2.45, 2.75) is 52.0 Å². The molecule has 2 rings (SSSR count). The van der Waals surface area contributed by atoms with E-state index in [4.69, 9.17) is 5.73 Å². The summed E-state index contributed by atoms with van der Waals surface area (Å²) < 4.78 is 0. The predicted molar refractivity (Wildman–Crippen MR) is 94.7 cm³/mol. The van der Waals surface area contributed by atoms with Crippen LogP contribution in [0.4, 0.5) is 5.82 Å². The van der Waals surface area contributed by atoms with Crippen molar-refractivity contribution in [1.29, 1.82) is 0 Å². The van der Waals surface area contributed by atoms with Crippen LogP contribution >= 0.6 is 0 Å². The normalized spacial score (nSPS) is 17.0. The summed E-state index contributed by atoms with van der Waals surface area (Å²) in [5.74, 6) is 1.39. The van der Waals surface area contributed by atoms with Crippen molar-refractivity contribution in [3.05, 3.63) is 23.9 Å². The molecule has 1 unspecified atom stereocenters. The van der Waals surface area contributed by atoms with Crippen molar-refractivity contribution in [3.8, 4) is 0 Å². The van der Waals surface area contributed by atoms with Crippen LogP contribution in [0.5, 0.6) is 0 Å². The maximum atomic E-state index is 12.3. The lowest BCUT2D eigenvalue weighted by Crippen LogP contribution is -2.41. The van der Waals surface area contributed by atoms with Gasteiger partial charge in [0.1, 0.15) is 5.82 Å². The van der Waals surface area contributed by atoms with Crippen LogP contribution in [-0.2, 0) is 0 Å². The Morgan fingerprint density at radius 1 is 1.26 bits per heavy atom. The first-order valence-corrected chi connectivity index (χ1v) is 8.82. The van der Waals surface area contributed by atoms with E-state index in [1.165, 1.54) is 25.7 Å². The molecule has 1 aromatic rings. The molecular weight excluding hydrogens is 288 g/mol. The molecule has 1 amide bonds. The topological polar surface area (TPSA) is 71.2 Å². The fraction of sp³-hybridized carbons (Fsp3) is 0.667. The van der Waals surface area contributed by atoms with Crippen molar-refractivity contribution in [3.63, 3.8) is 0 Å². The predicted octanol–water partition coefficient (Wildman–Crippen LogP) is 2.57. The second-order valence-corrected chi connectivity index (χ2v) is 6.84. The van der Waals surface area contributed by atoms with Gasteiger partial charge in [0.2, 0.25) is 0 Å². The van der Waals surface area contributed by atoms with Crippen LogP contribution in [0.2, 0.25) is 0 Å². The third-order valence-corrected chi connectivity index (χ3v) is 4.32. The Morgan fingerprint density at radius 2 is 1.96 bits per heavy atom. The molecule has 3 N–H and O–H groups in total. The molecule has 5 heteroatoms. The smallest absolute Gasteiger partial charge is 0.253 e. The Kier molecular flexibility index (Phi) is 6.84. The highest BCUT2D eigenvalue weighted by molar-refractivity contribution is 5.94. The maximum absolute atomic E-state index is 12.3. The van der Waals surface area contributed by atoms with Gasteiger partial charge in [-0.2, -0.15) is 0 Å². The zero-order chi connectivity index (χ0) is 16.7. The van der Waals surface area contributed by atoms with Crippen LogP contribution in [0.3, 0.4) is 0 Å². The highest BCUT2D eigenvalue weighted by Crippen LogP contribution is 2.17. The number of amides is 1. The standard InChI is InChI=1S/C18H30N4O/c1-14(2)11-16(12-19)21-18(23)15-7-8-17(20-13-15)22-9-5-3-4-6-10-22/h7-8,13-14,16H,3-6,9-12,19H2,1-2H3,(H,21,23). The van der Waals surface area contributed by atoms with Gasteiger partial charge in [-0.05, 0) is 37.3 Å². The molecule has 0 bridgehead atoms. The van der Waals surface area contributed by atoms with Gasteiger partial charge in [0, 0.05) is 31.9 Å². The number of nitrogens with two attached hydrogens (primary N) is 1. The van der Waals surface area contributed by atoms with E-state index in [9.17, 15) is 4.79 Å². The van der Waals surface area contributed by atoms with Gasteiger partial charge in [-0.3, -0.25) is 4.79 Å². The molecule has 1 fully saturated rings. The van der Waals surface area contributed by atoms with Gasteiger partial charge in [0.25, 0.3) is 5.91 Å². The Bertz CT molecular complexity index is 478. The zero-order valence-corrected chi connectivity index (χ0v) is 14.4. The quantitative estimate of drug-likeness (QED) is 0.845. The van der Waals surface area contributed by atoms with E-state index >= 15 is 0 Å². The fourth-order valence-corrected chi connectivity index (χ4v) is 3.06. The lowest BCUT2D eigenvalue weighted by Gasteiger charge is -2.22. The number of rotatable bonds is 6. The summed E-state index contributed by atoms with van der Waals surface area (Å²) in [6.07, 6.45) is 7.61. The van der Waals surface area contributed by atoms with Crippen LogP contribution in [-0.4, -0.2) is 36.6 Å². The van der Waals surface area contributed by atoms with Crippen molar-refractivity contribution in [2.24, 2.45) is 11.7 Å². The molecule has 0 saturated carbocycles. The first kappa shape index (κ1) is 17.7. The minimum atomic E-state index is -0.0870. The molecule has 1 saturated heterocycles. The maximum Gasteiger partial charge on any atom is 0.253 e. The summed E-state index contributed by atoms with van der Waals surface area (Å²) in [5, 5.41) is 3.01. The monoisotopic (exact) mass is 318 g/mol. The molecule has 23 heavy (non-hydrogen) atoms. The molecule has 0 aromatic carbocycles. The Morgan fingerprint density at radius 3 is 2.48 bits per heavy atom. The molecule has 128 valence electrons. The summed E-state index contributed by atoms with van der Waals surface area (Å²) in [4.78, 5) is 19.1. The summed E-state index contributed by atoms with van der Waals surface area (Å²) in [7, 11) is 0. The minimum Gasteiger partial charge on any atom is -0.357 e. The SMILES string of the molecule is CC(C)CC(CN)NC(=O)c1ccc(N2CCCCCC2)nc1. The number of nitrogens with one attached hydrogen (secondary N) is 1. The molecule has 2 heterocycles. The van der Waals surface area contributed by atoms with Crippen molar-refractivity contribution >= 4 is 11.7 Å². The van der Waals surface area contributed by atoms with E-state index in [1.54, 1.807) is 6.20 Å². The van der Waals surface area contributed by atoms with E-state index < -0.39 is 0 Å². The summed E-state index contributed by atoms with van der Waals surface area (Å²) in [6, 6.07) is 3.85. The van der Waals surface area contributed by atoms with Gasteiger partial charge >= 0.3 is 0 Å². The van der Waals surface area contributed by atoms with Gasteiger partial charge in [-0.15, -0.1) is 0 Å². The van der Waals surface area contributed by atoms with E-state index in [0.29, 0.717) is 18.0 Å². The lowest BCUT2D eigenvalue weighted by atomic mass is 10.0. The lowest BCUT2D eigenvalue weighted by molar-refractivity contribution is 0.0933. The molecule has 0 aliphatic carbocycles. The number of hydrogen-bond acceptors (Lipinski definition) is 4. The third kappa shape index (κ3) is 5.50. The minimum absolute atomic E-state index is 0.0211. The van der Waals surface area contributed by atoms with Crippen molar-refractivity contribution in [2.75, 3.05) is 24.5 Å². The molecular formula is C18H30N4O. The average Bonchev–Trinajstić information content (AvgIpc) is 2.83. The largest absolute Gasteiger partial charge is 0.357 e. The van der Waals surface area contributed by atoms with E-state index in [0.717, 1.165) is 25.3 Å². The van der Waals surface area contributed by atoms with Crippen molar-refractivity contribution in [1.82, 2.24) is 10.3 Å². The van der Waals surface area contributed by atoms with Gasteiger partial charge in [0.05, 0.1) is 5.56 Å². The van der Waals surface area contributed by atoms with Crippen LogP contribution in [0.1, 0.15) is 56.3 Å². The fourth-order valence-electron chi connectivity index (χ4n) is 3.06. The second kappa shape index (κ2) is 8.87. The third-order valence-electron chi connectivity index (χ3n) is 4.32. The Labute approximate surface area is 139 Å². The number of anilines is 1. The molecule has 1 aromatic heterocycles. The van der Waals surface area contributed by atoms with Gasteiger partial charge in [0.15, 0.2) is 0 Å². The van der Waals surface area contributed by atoms with Crippen LogP contribution < -0.4 is 16.0 Å². The van der Waals surface area contributed by atoms with Crippen LogP contribution in [0.25, 0.3) is 0 Å². The van der Waals surface area contributed by atoms with Gasteiger partial charge in [-0.1, -0.05) is 26.7 Å².